The molecule has 0 aliphatic heterocycles. The van der Waals surface area contributed by atoms with E-state index in [1.165, 1.54) is 24.3 Å². The molecule has 5 aromatic rings. The van der Waals surface area contributed by atoms with E-state index < -0.39 is 0 Å². The van der Waals surface area contributed by atoms with Gasteiger partial charge < -0.3 is 20.4 Å². The third kappa shape index (κ3) is 4.22. The molecule has 0 saturated carbocycles. The Morgan fingerprint density at radius 1 is 1.00 bits per heavy atom. The number of ether oxygens (including phenoxy) is 1. The molecule has 164 valence electrons. The van der Waals surface area contributed by atoms with Crippen molar-refractivity contribution in [3.63, 3.8) is 0 Å². The van der Waals surface area contributed by atoms with Crippen molar-refractivity contribution < 1.29 is 18.6 Å². The number of anilines is 2. The fourth-order valence-corrected chi connectivity index (χ4v) is 3.36. The second-order valence-electron chi connectivity index (χ2n) is 7.14. The predicted octanol–water partition coefficient (Wildman–Crippen LogP) is 4.24. The third-order valence-corrected chi connectivity index (χ3v) is 4.87. The quantitative estimate of drug-likeness (QED) is 0.402. The van der Waals surface area contributed by atoms with E-state index in [9.17, 15) is 9.18 Å². The molecule has 0 radical (unpaired) electrons. The molecule has 3 aromatic carbocycles. The van der Waals surface area contributed by atoms with Crippen LogP contribution >= 0.6 is 0 Å². The van der Waals surface area contributed by atoms with Gasteiger partial charge in [0.15, 0.2) is 17.3 Å². The van der Waals surface area contributed by atoms with Crippen molar-refractivity contribution in [2.24, 2.45) is 0 Å². The monoisotopic (exact) mass is 444 g/mol. The van der Waals surface area contributed by atoms with Crippen LogP contribution in [-0.4, -0.2) is 25.8 Å². The summed E-state index contributed by atoms with van der Waals surface area (Å²) < 4.78 is 25.1. The van der Waals surface area contributed by atoms with Crippen LogP contribution in [0, 0.1) is 5.82 Å². The Morgan fingerprint density at radius 3 is 2.39 bits per heavy atom. The smallest absolute Gasteiger partial charge is 0.244 e. The number of nitrogens with two attached hydrogens (primary N) is 1. The van der Waals surface area contributed by atoms with Crippen molar-refractivity contribution in [2.75, 3.05) is 11.1 Å². The standard InChI is InChI=1S/C23H17FN6O3/c24-14-5-9-16(10-6-14)32-17-11-7-15(8-12-17)26-20(31)13-30-19-4-2-1-3-18(19)27-23(30)21-22(25)29-33-28-21/h1-12H,13H2,(H2,25,29)(H,26,31). The molecule has 10 heteroatoms. The van der Waals surface area contributed by atoms with Crippen molar-refractivity contribution >= 4 is 28.4 Å². The Morgan fingerprint density at radius 2 is 1.70 bits per heavy atom. The van der Waals surface area contributed by atoms with Gasteiger partial charge in [-0.05, 0) is 71.0 Å². The van der Waals surface area contributed by atoms with Gasteiger partial charge in [0, 0.05) is 5.69 Å². The third-order valence-electron chi connectivity index (χ3n) is 4.87. The summed E-state index contributed by atoms with van der Waals surface area (Å²) in [5.41, 5.74) is 8.12. The van der Waals surface area contributed by atoms with Crippen LogP contribution in [0.2, 0.25) is 0 Å². The van der Waals surface area contributed by atoms with Crippen LogP contribution in [0.4, 0.5) is 15.9 Å². The van der Waals surface area contributed by atoms with E-state index in [0.29, 0.717) is 28.5 Å². The number of fused-ring (bicyclic) bond motifs is 1. The lowest BCUT2D eigenvalue weighted by Gasteiger charge is -2.10. The molecule has 1 amide bonds. The molecule has 2 aromatic heterocycles. The number of nitrogens with one attached hydrogen (secondary N) is 1. The highest BCUT2D eigenvalue weighted by atomic mass is 19.1. The summed E-state index contributed by atoms with van der Waals surface area (Å²) in [6.07, 6.45) is 0. The van der Waals surface area contributed by atoms with Crippen LogP contribution in [0.1, 0.15) is 0 Å². The van der Waals surface area contributed by atoms with Crippen molar-refractivity contribution in [1.29, 1.82) is 0 Å². The Bertz CT molecular complexity index is 1430. The highest BCUT2D eigenvalue weighted by Gasteiger charge is 2.20. The minimum Gasteiger partial charge on any atom is -0.457 e. The first-order valence-electron chi connectivity index (χ1n) is 9.94. The minimum atomic E-state index is -0.336. The zero-order chi connectivity index (χ0) is 22.8. The van der Waals surface area contributed by atoms with Gasteiger partial charge in [-0.3, -0.25) is 4.79 Å². The second kappa shape index (κ2) is 8.42. The average Bonchev–Trinajstić information content (AvgIpc) is 3.40. The highest BCUT2D eigenvalue weighted by Crippen LogP contribution is 2.27. The number of hydrogen-bond donors (Lipinski definition) is 2. The average molecular weight is 444 g/mol. The van der Waals surface area contributed by atoms with E-state index in [-0.39, 0.29) is 29.8 Å². The fourth-order valence-electron chi connectivity index (χ4n) is 3.36. The Hall–Kier alpha value is -4.73. The molecule has 2 heterocycles. The van der Waals surface area contributed by atoms with E-state index >= 15 is 0 Å². The summed E-state index contributed by atoms with van der Waals surface area (Å²) in [6, 6.07) is 19.9. The summed E-state index contributed by atoms with van der Waals surface area (Å²) in [4.78, 5) is 17.4. The van der Waals surface area contributed by atoms with Gasteiger partial charge >= 0.3 is 0 Å². The van der Waals surface area contributed by atoms with Crippen LogP contribution < -0.4 is 15.8 Å². The predicted molar refractivity (Wildman–Crippen MR) is 119 cm³/mol. The first kappa shape index (κ1) is 20.2. The number of hydrogen-bond acceptors (Lipinski definition) is 7. The molecule has 9 nitrogen and oxygen atoms in total. The largest absolute Gasteiger partial charge is 0.457 e. The van der Waals surface area contributed by atoms with Crippen molar-refractivity contribution in [3.05, 3.63) is 78.6 Å². The zero-order valence-corrected chi connectivity index (χ0v) is 17.1. The van der Waals surface area contributed by atoms with E-state index in [0.717, 1.165) is 5.52 Å². The molecular formula is C23H17FN6O3. The van der Waals surface area contributed by atoms with Crippen LogP contribution in [0.15, 0.2) is 77.4 Å². The number of benzene rings is 3. The molecule has 0 fully saturated rings. The van der Waals surface area contributed by atoms with E-state index in [1.54, 1.807) is 28.8 Å². The van der Waals surface area contributed by atoms with Gasteiger partial charge in [0.2, 0.25) is 5.91 Å². The summed E-state index contributed by atoms with van der Waals surface area (Å²) >= 11 is 0. The number of halogens is 1. The minimum absolute atomic E-state index is 0.0318. The topological polar surface area (TPSA) is 121 Å². The van der Waals surface area contributed by atoms with Gasteiger partial charge in [-0.2, -0.15) is 0 Å². The number of imidazole rings is 1. The van der Waals surface area contributed by atoms with E-state index in [2.05, 4.69) is 20.6 Å². The maximum absolute atomic E-state index is 13.0. The molecule has 33 heavy (non-hydrogen) atoms. The van der Waals surface area contributed by atoms with Gasteiger partial charge in [-0.25, -0.2) is 14.0 Å². The number of nitrogen functional groups attached to an aromatic ring is 1. The van der Waals surface area contributed by atoms with Crippen LogP contribution in [0.3, 0.4) is 0 Å². The SMILES string of the molecule is Nc1nonc1-c1nc2ccccc2n1CC(=O)Nc1ccc(Oc2ccc(F)cc2)cc1. The molecule has 0 bridgehead atoms. The van der Waals surface area contributed by atoms with E-state index in [4.69, 9.17) is 15.1 Å². The number of amides is 1. The summed E-state index contributed by atoms with van der Waals surface area (Å²) in [7, 11) is 0. The molecule has 0 aliphatic carbocycles. The summed E-state index contributed by atoms with van der Waals surface area (Å²) in [5, 5.41) is 10.3. The van der Waals surface area contributed by atoms with Crippen molar-refractivity contribution in [2.45, 2.75) is 6.54 Å². The Balaban J connectivity index is 1.33. The van der Waals surface area contributed by atoms with Gasteiger partial charge in [0.25, 0.3) is 0 Å². The van der Waals surface area contributed by atoms with Gasteiger partial charge in [-0.15, -0.1) is 0 Å². The lowest BCUT2D eigenvalue weighted by molar-refractivity contribution is -0.116. The van der Waals surface area contributed by atoms with Gasteiger partial charge in [-0.1, -0.05) is 12.1 Å². The van der Waals surface area contributed by atoms with E-state index in [1.807, 2.05) is 24.3 Å². The summed E-state index contributed by atoms with van der Waals surface area (Å²) in [6.45, 7) is -0.0318. The van der Waals surface area contributed by atoms with Gasteiger partial charge in [0.05, 0.1) is 11.0 Å². The highest BCUT2D eigenvalue weighted by molar-refractivity contribution is 5.92. The number of carbonyl (C=O) groups is 1. The molecular weight excluding hydrogens is 427 g/mol. The van der Waals surface area contributed by atoms with Crippen LogP contribution in [0.25, 0.3) is 22.6 Å². The van der Waals surface area contributed by atoms with Crippen molar-refractivity contribution in [3.8, 4) is 23.0 Å². The lowest BCUT2D eigenvalue weighted by Crippen LogP contribution is -2.19. The molecule has 0 spiro atoms. The molecule has 0 saturated heterocycles. The normalized spacial score (nSPS) is 10.9. The maximum Gasteiger partial charge on any atom is 0.244 e. The number of rotatable bonds is 6. The van der Waals surface area contributed by atoms with Gasteiger partial charge in [0.1, 0.15) is 23.9 Å². The molecule has 0 unspecified atom stereocenters. The van der Waals surface area contributed by atoms with Crippen LogP contribution in [0.5, 0.6) is 11.5 Å². The number of carbonyl (C=O) groups excluding carboxylic acids is 1. The maximum atomic E-state index is 13.0. The Labute approximate surface area is 186 Å². The van der Waals surface area contributed by atoms with Crippen molar-refractivity contribution in [1.82, 2.24) is 19.9 Å². The number of aromatic nitrogens is 4. The zero-order valence-electron chi connectivity index (χ0n) is 17.1. The molecule has 0 aliphatic rings. The molecule has 5 rings (SSSR count). The molecule has 0 atom stereocenters. The number of nitrogens with zero attached hydrogens (tertiary/aromatic N) is 4. The second-order valence-corrected chi connectivity index (χ2v) is 7.14. The van der Waals surface area contributed by atoms with Crippen LogP contribution in [-0.2, 0) is 11.3 Å². The Kier molecular flexibility index (Phi) is 5.15. The number of para-hydroxylation sites is 2. The first-order chi connectivity index (χ1) is 16.1. The first-order valence-corrected chi connectivity index (χ1v) is 9.94. The summed E-state index contributed by atoms with van der Waals surface area (Å²) in [5.74, 6) is 0.918. The fraction of sp³-hybridized carbons (Fsp3) is 0.0435. The molecule has 3 N–H and O–H groups in total. The lowest BCUT2D eigenvalue weighted by atomic mass is 10.3.